The lowest BCUT2D eigenvalue weighted by atomic mass is 9.93. The molecular formula is C32H28N2O7S. The number of rotatable bonds is 10. The fraction of sp³-hybridized carbons (Fsp3) is 0.188. The minimum atomic E-state index is -1.07. The molecule has 1 aliphatic heterocycles. The first kappa shape index (κ1) is 28.6. The number of benzene rings is 3. The summed E-state index contributed by atoms with van der Waals surface area (Å²) in [6.07, 6.45) is 1.73. The van der Waals surface area contributed by atoms with Crippen LogP contribution in [-0.2, 0) is 14.3 Å². The Morgan fingerprint density at radius 2 is 1.60 bits per heavy atom. The molecule has 10 heteroatoms. The normalized spacial score (nSPS) is 14.6. The number of carboxylic acid groups (broad SMARTS) is 1. The molecule has 3 aromatic carbocycles. The van der Waals surface area contributed by atoms with Gasteiger partial charge in [-0.25, -0.2) is 14.6 Å². The van der Waals surface area contributed by atoms with Crippen LogP contribution in [0, 0.1) is 0 Å². The summed E-state index contributed by atoms with van der Waals surface area (Å²) in [5, 5.41) is 8.84. The van der Waals surface area contributed by atoms with Crippen LogP contribution in [0.1, 0.15) is 36.6 Å². The third-order valence-electron chi connectivity index (χ3n) is 6.42. The Bertz CT molecular complexity index is 1810. The SMILES string of the molecule is CCOC(=O)C1=C(c2ccccc2)N=c2s/c(=C\c3ccc(OCC(=O)O)cc3)c(=O)n2[C@@H]1c1ccc(OCC)cc1. The van der Waals surface area contributed by atoms with E-state index in [1.54, 1.807) is 37.3 Å². The lowest BCUT2D eigenvalue weighted by molar-refractivity contribution is -0.140. The summed E-state index contributed by atoms with van der Waals surface area (Å²) in [6, 6.07) is 22.6. The van der Waals surface area contributed by atoms with E-state index < -0.39 is 24.6 Å². The predicted molar refractivity (Wildman–Crippen MR) is 158 cm³/mol. The molecule has 0 fully saturated rings. The third kappa shape index (κ3) is 6.03. The molecule has 0 aliphatic carbocycles. The molecule has 1 aliphatic rings. The number of aromatic nitrogens is 1. The van der Waals surface area contributed by atoms with Crippen LogP contribution in [0.25, 0.3) is 11.8 Å². The summed E-state index contributed by atoms with van der Waals surface area (Å²) in [5.41, 5.74) is 2.56. The molecule has 1 N–H and O–H groups in total. The zero-order valence-corrected chi connectivity index (χ0v) is 23.8. The smallest absolute Gasteiger partial charge is 0.341 e. The molecule has 4 aromatic rings. The molecule has 0 bridgehead atoms. The van der Waals surface area contributed by atoms with Crippen molar-refractivity contribution in [2.24, 2.45) is 4.99 Å². The number of carbonyl (C=O) groups excluding carboxylic acids is 1. The highest BCUT2D eigenvalue weighted by Crippen LogP contribution is 2.35. The lowest BCUT2D eigenvalue weighted by Gasteiger charge is -2.26. The van der Waals surface area contributed by atoms with Gasteiger partial charge in [-0.3, -0.25) is 9.36 Å². The number of carboxylic acids is 1. The molecule has 2 heterocycles. The van der Waals surface area contributed by atoms with Crippen LogP contribution < -0.4 is 24.4 Å². The largest absolute Gasteiger partial charge is 0.494 e. The Morgan fingerprint density at radius 1 is 0.929 bits per heavy atom. The monoisotopic (exact) mass is 584 g/mol. The van der Waals surface area contributed by atoms with Crippen LogP contribution in [0.3, 0.4) is 0 Å². The van der Waals surface area contributed by atoms with Crippen molar-refractivity contribution < 1.29 is 28.9 Å². The van der Waals surface area contributed by atoms with Gasteiger partial charge in [-0.05, 0) is 55.3 Å². The Morgan fingerprint density at radius 3 is 2.24 bits per heavy atom. The number of hydrogen-bond acceptors (Lipinski definition) is 8. The van der Waals surface area contributed by atoms with Crippen molar-refractivity contribution in [2.45, 2.75) is 19.9 Å². The van der Waals surface area contributed by atoms with Gasteiger partial charge in [0.25, 0.3) is 5.56 Å². The second kappa shape index (κ2) is 12.7. The van der Waals surface area contributed by atoms with Crippen molar-refractivity contribution >= 4 is 35.0 Å². The van der Waals surface area contributed by atoms with Gasteiger partial charge in [0, 0.05) is 5.56 Å². The molecule has 0 saturated heterocycles. The molecule has 1 atom stereocenters. The van der Waals surface area contributed by atoms with Crippen molar-refractivity contribution in [3.8, 4) is 11.5 Å². The van der Waals surface area contributed by atoms with Gasteiger partial charge in [-0.1, -0.05) is 65.9 Å². The molecule has 0 saturated carbocycles. The van der Waals surface area contributed by atoms with E-state index in [-0.39, 0.29) is 17.7 Å². The summed E-state index contributed by atoms with van der Waals surface area (Å²) < 4.78 is 18.3. The lowest BCUT2D eigenvalue weighted by Crippen LogP contribution is -2.40. The number of esters is 1. The summed E-state index contributed by atoms with van der Waals surface area (Å²) in [7, 11) is 0. The maximum Gasteiger partial charge on any atom is 0.341 e. The van der Waals surface area contributed by atoms with Crippen LogP contribution in [0.15, 0.2) is 94.2 Å². The third-order valence-corrected chi connectivity index (χ3v) is 7.40. The zero-order valence-electron chi connectivity index (χ0n) is 23.0. The van der Waals surface area contributed by atoms with E-state index in [0.717, 1.165) is 5.56 Å². The Kier molecular flexibility index (Phi) is 8.63. The van der Waals surface area contributed by atoms with Crippen LogP contribution in [0.2, 0.25) is 0 Å². The number of nitrogens with zero attached hydrogens (tertiary/aromatic N) is 2. The second-order valence-corrected chi connectivity index (χ2v) is 10.2. The molecule has 1 aromatic heterocycles. The molecule has 214 valence electrons. The number of ether oxygens (including phenoxy) is 3. The predicted octanol–water partition coefficient (Wildman–Crippen LogP) is 3.80. The molecule has 0 radical (unpaired) electrons. The van der Waals surface area contributed by atoms with E-state index >= 15 is 0 Å². The van der Waals surface area contributed by atoms with Crippen LogP contribution >= 0.6 is 11.3 Å². The molecule has 0 unspecified atom stereocenters. The highest BCUT2D eigenvalue weighted by Gasteiger charge is 2.35. The Hall–Kier alpha value is -4.96. The van der Waals surface area contributed by atoms with E-state index in [1.807, 2.05) is 61.5 Å². The maximum absolute atomic E-state index is 14.0. The van der Waals surface area contributed by atoms with Gasteiger partial charge < -0.3 is 19.3 Å². The van der Waals surface area contributed by atoms with Crippen molar-refractivity contribution in [1.29, 1.82) is 0 Å². The van der Waals surface area contributed by atoms with Gasteiger partial charge in [0.15, 0.2) is 11.4 Å². The standard InChI is InChI=1S/C32H28N2O7S/c1-3-39-23-16-12-22(13-17-23)29-27(31(38)40-4-2)28(21-8-6-5-7-9-21)33-32-34(29)30(37)25(42-32)18-20-10-14-24(15-11-20)41-19-26(35)36/h5-18,29H,3-4,19H2,1-2H3,(H,35,36)/b25-18-/t29-/m1/s1. The van der Waals surface area contributed by atoms with E-state index in [1.165, 1.54) is 15.9 Å². The summed E-state index contributed by atoms with van der Waals surface area (Å²) in [6.45, 7) is 3.86. The quantitative estimate of drug-likeness (QED) is 0.282. The molecule has 0 spiro atoms. The van der Waals surface area contributed by atoms with E-state index in [4.69, 9.17) is 24.3 Å². The minimum absolute atomic E-state index is 0.164. The van der Waals surface area contributed by atoms with Crippen molar-refractivity contribution in [2.75, 3.05) is 19.8 Å². The summed E-state index contributed by atoms with van der Waals surface area (Å²) in [5.74, 6) is -0.544. The van der Waals surface area contributed by atoms with Crippen LogP contribution in [0.5, 0.6) is 11.5 Å². The molecular weight excluding hydrogens is 556 g/mol. The fourth-order valence-electron chi connectivity index (χ4n) is 4.63. The number of hydrogen-bond donors (Lipinski definition) is 1. The summed E-state index contributed by atoms with van der Waals surface area (Å²) in [4.78, 5) is 43.6. The first-order valence-electron chi connectivity index (χ1n) is 13.4. The van der Waals surface area contributed by atoms with Crippen LogP contribution in [-0.4, -0.2) is 41.4 Å². The molecule has 5 rings (SSSR count). The average Bonchev–Trinajstić information content (AvgIpc) is 3.31. The van der Waals surface area contributed by atoms with E-state index in [0.29, 0.717) is 44.3 Å². The molecule has 9 nitrogen and oxygen atoms in total. The highest BCUT2D eigenvalue weighted by molar-refractivity contribution is 7.07. The fourth-order valence-corrected chi connectivity index (χ4v) is 5.63. The van der Waals surface area contributed by atoms with Crippen molar-refractivity contribution in [3.05, 3.63) is 121 Å². The van der Waals surface area contributed by atoms with Crippen molar-refractivity contribution in [1.82, 2.24) is 4.57 Å². The minimum Gasteiger partial charge on any atom is -0.494 e. The first-order valence-corrected chi connectivity index (χ1v) is 14.2. The van der Waals surface area contributed by atoms with Gasteiger partial charge in [0.2, 0.25) is 0 Å². The molecule has 0 amide bonds. The number of carbonyl (C=O) groups is 2. The first-order chi connectivity index (χ1) is 20.4. The maximum atomic E-state index is 14.0. The van der Waals surface area contributed by atoms with Crippen molar-refractivity contribution in [3.63, 3.8) is 0 Å². The van der Waals surface area contributed by atoms with Gasteiger partial charge in [0.05, 0.1) is 35.1 Å². The van der Waals surface area contributed by atoms with E-state index in [2.05, 4.69) is 0 Å². The highest BCUT2D eigenvalue weighted by atomic mass is 32.1. The zero-order chi connectivity index (χ0) is 29.6. The van der Waals surface area contributed by atoms with Gasteiger partial charge >= 0.3 is 11.9 Å². The van der Waals surface area contributed by atoms with Gasteiger partial charge in [0.1, 0.15) is 11.5 Å². The average molecular weight is 585 g/mol. The molecule has 42 heavy (non-hydrogen) atoms. The topological polar surface area (TPSA) is 116 Å². The second-order valence-electron chi connectivity index (χ2n) is 9.18. The van der Waals surface area contributed by atoms with Gasteiger partial charge in [-0.2, -0.15) is 0 Å². The van der Waals surface area contributed by atoms with Gasteiger partial charge in [-0.15, -0.1) is 0 Å². The summed E-state index contributed by atoms with van der Waals surface area (Å²) >= 11 is 1.22. The Balaban J connectivity index is 1.69. The van der Waals surface area contributed by atoms with Crippen LogP contribution in [0.4, 0.5) is 0 Å². The number of thiazole rings is 1. The Labute approximate surface area is 245 Å². The van der Waals surface area contributed by atoms with E-state index in [9.17, 15) is 14.4 Å². The number of aliphatic carboxylic acids is 1. The number of fused-ring (bicyclic) bond motifs is 1.